The van der Waals surface area contributed by atoms with Gasteiger partial charge < -0.3 is 5.11 Å². The highest BCUT2D eigenvalue weighted by molar-refractivity contribution is 6.51. The fourth-order valence-corrected chi connectivity index (χ4v) is 4.31. The van der Waals surface area contributed by atoms with Crippen LogP contribution in [0, 0.1) is 6.92 Å². The Morgan fingerprint density at radius 2 is 1.59 bits per heavy atom. The highest BCUT2D eigenvalue weighted by Crippen LogP contribution is 2.43. The molecule has 0 bridgehead atoms. The molecular formula is C27H20N2O3. The highest BCUT2D eigenvalue weighted by atomic mass is 16.3. The van der Waals surface area contributed by atoms with Crippen LogP contribution in [0.2, 0.25) is 0 Å². The molecule has 1 atom stereocenters. The van der Waals surface area contributed by atoms with E-state index in [1.165, 1.54) is 4.90 Å². The molecule has 5 nitrogen and oxygen atoms in total. The molecule has 1 saturated heterocycles. The molecule has 1 N–H and O–H groups in total. The van der Waals surface area contributed by atoms with Gasteiger partial charge in [-0.15, -0.1) is 0 Å². The Morgan fingerprint density at radius 1 is 0.875 bits per heavy atom. The van der Waals surface area contributed by atoms with Crippen LogP contribution in [-0.4, -0.2) is 21.8 Å². The summed E-state index contributed by atoms with van der Waals surface area (Å²) in [6.45, 7) is 1.88. The van der Waals surface area contributed by atoms with Crippen LogP contribution in [0.5, 0.6) is 0 Å². The molecule has 1 fully saturated rings. The largest absolute Gasteiger partial charge is 0.507 e. The Bertz CT molecular complexity index is 1390. The van der Waals surface area contributed by atoms with Gasteiger partial charge in [0, 0.05) is 17.4 Å². The van der Waals surface area contributed by atoms with Crippen molar-refractivity contribution in [1.82, 2.24) is 4.98 Å². The van der Waals surface area contributed by atoms with Gasteiger partial charge in [-0.25, -0.2) is 0 Å². The molecule has 0 spiro atoms. The first-order valence-corrected chi connectivity index (χ1v) is 10.3. The topological polar surface area (TPSA) is 70.5 Å². The number of anilines is 1. The summed E-state index contributed by atoms with van der Waals surface area (Å²) in [6.07, 6.45) is 1.62. The van der Waals surface area contributed by atoms with E-state index in [-0.39, 0.29) is 11.3 Å². The van der Waals surface area contributed by atoms with Crippen molar-refractivity contribution in [2.75, 3.05) is 4.90 Å². The van der Waals surface area contributed by atoms with Gasteiger partial charge in [0.2, 0.25) is 0 Å². The number of pyridine rings is 1. The average Bonchev–Trinajstić information content (AvgIpc) is 3.09. The van der Waals surface area contributed by atoms with Gasteiger partial charge in [-0.3, -0.25) is 19.5 Å². The Labute approximate surface area is 185 Å². The Kier molecular flexibility index (Phi) is 4.79. The number of rotatable bonds is 3. The molecule has 1 amide bonds. The molecule has 0 saturated carbocycles. The van der Waals surface area contributed by atoms with Crippen LogP contribution in [-0.2, 0) is 9.59 Å². The molecule has 32 heavy (non-hydrogen) atoms. The Hall–Kier alpha value is -4.25. The quantitative estimate of drug-likeness (QED) is 0.282. The minimum Gasteiger partial charge on any atom is -0.507 e. The van der Waals surface area contributed by atoms with E-state index in [9.17, 15) is 14.7 Å². The van der Waals surface area contributed by atoms with E-state index in [0.717, 1.165) is 16.3 Å². The third-order valence-corrected chi connectivity index (χ3v) is 5.83. The van der Waals surface area contributed by atoms with Crippen molar-refractivity contribution in [3.05, 3.63) is 114 Å². The van der Waals surface area contributed by atoms with Crippen LogP contribution in [0.25, 0.3) is 16.5 Å². The number of aromatic nitrogens is 1. The zero-order chi connectivity index (χ0) is 22.2. The molecule has 1 aliphatic rings. The molecule has 0 aliphatic carbocycles. The van der Waals surface area contributed by atoms with E-state index in [4.69, 9.17) is 0 Å². The number of fused-ring (bicyclic) bond motifs is 1. The molecule has 3 aromatic carbocycles. The number of hydrogen-bond acceptors (Lipinski definition) is 4. The van der Waals surface area contributed by atoms with Crippen molar-refractivity contribution in [3.63, 3.8) is 0 Å². The van der Waals surface area contributed by atoms with Gasteiger partial charge >= 0.3 is 0 Å². The molecular weight excluding hydrogens is 400 g/mol. The summed E-state index contributed by atoms with van der Waals surface area (Å²) in [5, 5.41) is 13.2. The first kappa shape index (κ1) is 19.7. The summed E-state index contributed by atoms with van der Waals surface area (Å²) < 4.78 is 0. The van der Waals surface area contributed by atoms with Crippen LogP contribution >= 0.6 is 0 Å². The van der Waals surface area contributed by atoms with Crippen molar-refractivity contribution in [3.8, 4) is 0 Å². The summed E-state index contributed by atoms with van der Waals surface area (Å²) in [4.78, 5) is 32.4. The first-order valence-electron chi connectivity index (χ1n) is 10.3. The smallest absolute Gasteiger partial charge is 0.300 e. The number of aliphatic hydroxyl groups is 1. The number of para-hydroxylation sites is 1. The van der Waals surface area contributed by atoms with Gasteiger partial charge in [0.05, 0.1) is 11.3 Å². The first-order chi connectivity index (χ1) is 15.6. The number of carbonyl (C=O) groups is 2. The number of amides is 1. The average molecular weight is 420 g/mol. The number of carbonyl (C=O) groups excluding carboxylic acids is 2. The highest BCUT2D eigenvalue weighted by Gasteiger charge is 2.48. The van der Waals surface area contributed by atoms with E-state index in [2.05, 4.69) is 4.98 Å². The molecule has 0 radical (unpaired) electrons. The maximum Gasteiger partial charge on any atom is 0.300 e. The lowest BCUT2D eigenvalue weighted by Gasteiger charge is -2.26. The van der Waals surface area contributed by atoms with Gasteiger partial charge in [-0.2, -0.15) is 0 Å². The van der Waals surface area contributed by atoms with Gasteiger partial charge in [0.25, 0.3) is 11.7 Å². The fraction of sp³-hybridized carbons (Fsp3) is 0.0741. The Balaban J connectivity index is 1.79. The van der Waals surface area contributed by atoms with Crippen molar-refractivity contribution in [1.29, 1.82) is 0 Å². The second-order valence-corrected chi connectivity index (χ2v) is 7.74. The van der Waals surface area contributed by atoms with Crippen LogP contribution in [0.4, 0.5) is 5.69 Å². The van der Waals surface area contributed by atoms with Gasteiger partial charge in [-0.1, -0.05) is 66.7 Å². The third-order valence-electron chi connectivity index (χ3n) is 5.83. The van der Waals surface area contributed by atoms with E-state index < -0.39 is 17.7 Å². The molecule has 2 heterocycles. The predicted octanol–water partition coefficient (Wildman–Crippen LogP) is 5.17. The molecule has 1 unspecified atom stereocenters. The minimum atomic E-state index is -0.837. The normalized spacial score (nSPS) is 17.8. The molecule has 156 valence electrons. The Morgan fingerprint density at radius 3 is 2.38 bits per heavy atom. The standard InChI is InChI=1S/C27H20N2O3/c1-17-9-2-5-15-22(17)29-24(21-14-6-7-16-28-21)23(26(31)27(29)32)25(30)20-13-8-11-18-10-3-4-12-19(18)20/h2-16,24,30H,1H3/b25-23-. The van der Waals surface area contributed by atoms with E-state index in [1.807, 2.05) is 61.5 Å². The van der Waals surface area contributed by atoms with E-state index in [0.29, 0.717) is 16.9 Å². The monoisotopic (exact) mass is 420 g/mol. The number of Topliss-reactive ketones (excluding diaryl/α,β-unsaturated/α-hetero) is 1. The molecule has 1 aromatic heterocycles. The van der Waals surface area contributed by atoms with Crippen molar-refractivity contribution < 1.29 is 14.7 Å². The lowest BCUT2D eigenvalue weighted by Crippen LogP contribution is -2.30. The summed E-state index contributed by atoms with van der Waals surface area (Å²) in [5.74, 6) is -1.61. The van der Waals surface area contributed by atoms with Gasteiger partial charge in [0.1, 0.15) is 11.8 Å². The number of hydrogen-bond donors (Lipinski definition) is 1. The number of aliphatic hydroxyl groups excluding tert-OH is 1. The van der Waals surface area contributed by atoms with Crippen LogP contribution < -0.4 is 4.90 Å². The van der Waals surface area contributed by atoms with E-state index >= 15 is 0 Å². The van der Waals surface area contributed by atoms with Crippen molar-refractivity contribution in [2.45, 2.75) is 13.0 Å². The zero-order valence-electron chi connectivity index (χ0n) is 17.4. The fourth-order valence-electron chi connectivity index (χ4n) is 4.31. The van der Waals surface area contributed by atoms with Crippen LogP contribution in [0.1, 0.15) is 22.9 Å². The summed E-state index contributed by atoms with van der Waals surface area (Å²) >= 11 is 0. The molecule has 5 rings (SSSR count). The predicted molar refractivity (Wildman–Crippen MR) is 124 cm³/mol. The van der Waals surface area contributed by atoms with E-state index in [1.54, 1.807) is 36.5 Å². The number of ketones is 1. The second-order valence-electron chi connectivity index (χ2n) is 7.74. The second kappa shape index (κ2) is 7.78. The number of nitrogens with zero attached hydrogens (tertiary/aromatic N) is 2. The maximum atomic E-state index is 13.3. The maximum absolute atomic E-state index is 13.3. The number of benzene rings is 3. The SMILES string of the molecule is Cc1ccccc1N1C(=O)C(=O)/C(=C(\O)c2cccc3ccccc23)C1c1ccccn1. The van der Waals surface area contributed by atoms with Gasteiger partial charge in [0.15, 0.2) is 0 Å². The van der Waals surface area contributed by atoms with Gasteiger partial charge in [-0.05, 0) is 41.5 Å². The van der Waals surface area contributed by atoms with Crippen LogP contribution in [0.3, 0.4) is 0 Å². The molecule has 5 heteroatoms. The number of aryl methyl sites for hydroxylation is 1. The summed E-state index contributed by atoms with van der Waals surface area (Å²) in [5.41, 5.74) is 2.51. The summed E-state index contributed by atoms with van der Waals surface area (Å²) in [6, 6.07) is 25.0. The van der Waals surface area contributed by atoms with Crippen molar-refractivity contribution >= 4 is 33.9 Å². The molecule has 1 aliphatic heterocycles. The van der Waals surface area contributed by atoms with Crippen LogP contribution in [0.15, 0.2) is 96.7 Å². The summed E-state index contributed by atoms with van der Waals surface area (Å²) in [7, 11) is 0. The lowest BCUT2D eigenvalue weighted by molar-refractivity contribution is -0.132. The zero-order valence-corrected chi connectivity index (χ0v) is 17.4. The lowest BCUT2D eigenvalue weighted by atomic mass is 9.95. The molecule has 4 aromatic rings. The van der Waals surface area contributed by atoms with Crippen molar-refractivity contribution in [2.24, 2.45) is 0 Å². The third kappa shape index (κ3) is 3.06. The minimum absolute atomic E-state index is 0.0355.